The maximum absolute atomic E-state index is 10.9. The molecule has 3 aromatic carbocycles. The van der Waals surface area contributed by atoms with E-state index in [0.717, 1.165) is 0 Å². The molecule has 0 aliphatic rings. The zero-order chi connectivity index (χ0) is 39.3. The van der Waals surface area contributed by atoms with Crippen LogP contribution < -0.4 is 9.47 Å². The maximum atomic E-state index is 10.9. The van der Waals surface area contributed by atoms with Crippen molar-refractivity contribution in [2.45, 2.75) is 63.3 Å². The van der Waals surface area contributed by atoms with Gasteiger partial charge in [0, 0.05) is 71.3 Å². The Morgan fingerprint density at radius 3 is 1.15 bits per heavy atom. The second-order valence-electron chi connectivity index (χ2n) is 9.15. The topological polar surface area (TPSA) is 225 Å². The fourth-order valence-electron chi connectivity index (χ4n) is 3.26. The van der Waals surface area contributed by atoms with Crippen LogP contribution >= 0.6 is 33.0 Å². The van der Waals surface area contributed by atoms with Gasteiger partial charge in [-0.05, 0) is 68.8 Å². The average molecular weight is 812 g/mol. The number of hydrogen-bond acceptors (Lipinski definition) is 12. The summed E-state index contributed by atoms with van der Waals surface area (Å²) < 4.78 is 22.8. The van der Waals surface area contributed by atoms with Gasteiger partial charge in [0.2, 0.25) is 9.23 Å². The molecule has 52 heavy (non-hydrogen) atoms. The molecule has 0 heterocycles. The van der Waals surface area contributed by atoms with E-state index in [1.165, 1.54) is 58.0 Å². The Morgan fingerprint density at radius 1 is 0.577 bits per heavy atom. The lowest BCUT2D eigenvalue weighted by Gasteiger charge is -2.07. The molecule has 0 bridgehead atoms. The van der Waals surface area contributed by atoms with E-state index >= 15 is 0 Å². The van der Waals surface area contributed by atoms with Crippen molar-refractivity contribution in [1.29, 1.82) is 0 Å². The van der Waals surface area contributed by atoms with Crippen LogP contribution in [0.1, 0.15) is 90.3 Å². The van der Waals surface area contributed by atoms with Crippen LogP contribution in [-0.2, 0) is 33.1 Å². The molecule has 0 spiro atoms. The number of phenols is 1. The van der Waals surface area contributed by atoms with Crippen molar-refractivity contribution >= 4 is 83.3 Å². The molecule has 0 radical (unpaired) electrons. The van der Waals surface area contributed by atoms with Crippen molar-refractivity contribution < 1.29 is 67.3 Å². The van der Waals surface area contributed by atoms with E-state index in [-0.39, 0.29) is 37.5 Å². The van der Waals surface area contributed by atoms with Crippen molar-refractivity contribution in [1.82, 2.24) is 0 Å². The summed E-state index contributed by atoms with van der Waals surface area (Å²) in [5.41, 5.74) is 2.07. The SMILES string of the molecule is C.C.CC(=O)OC(C)=O.CC(=O)Oc1cccc(C(=O)Cl)c1C.CC(=O)Oc1cccc(C(=O)O)c1C.Cc1c(O)cccc1C(=O)O.O=S(Cl)Cl. The average Bonchev–Trinajstić information content (AvgIpc) is 2.96. The van der Waals surface area contributed by atoms with E-state index in [4.69, 9.17) is 40.6 Å². The third kappa shape index (κ3) is 23.6. The molecule has 18 heteroatoms. The van der Waals surface area contributed by atoms with Crippen LogP contribution in [0.2, 0.25) is 0 Å². The first-order valence-electron chi connectivity index (χ1n) is 13.5. The normalized spacial score (nSPS) is 8.90. The van der Waals surface area contributed by atoms with Gasteiger partial charge >= 0.3 is 35.8 Å². The van der Waals surface area contributed by atoms with Crippen LogP contribution in [0.25, 0.3) is 0 Å². The van der Waals surface area contributed by atoms with Gasteiger partial charge in [0.15, 0.2) is 0 Å². The van der Waals surface area contributed by atoms with Crippen LogP contribution in [0.15, 0.2) is 54.6 Å². The monoisotopic (exact) mass is 810 g/mol. The minimum Gasteiger partial charge on any atom is -0.508 e. The third-order valence-corrected chi connectivity index (χ3v) is 5.54. The molecule has 0 aliphatic heterocycles. The van der Waals surface area contributed by atoms with Crippen molar-refractivity contribution in [2.75, 3.05) is 0 Å². The summed E-state index contributed by atoms with van der Waals surface area (Å²) in [5.74, 6) is -3.39. The van der Waals surface area contributed by atoms with E-state index in [2.05, 4.69) is 26.1 Å². The number of aromatic hydroxyl groups is 1. The van der Waals surface area contributed by atoms with Gasteiger partial charge in [-0.3, -0.25) is 24.0 Å². The lowest BCUT2D eigenvalue weighted by Crippen LogP contribution is -2.06. The molecule has 3 aromatic rings. The second-order valence-corrected chi connectivity index (χ2v) is 12.0. The fraction of sp³-hybridized carbons (Fsp3) is 0.265. The van der Waals surface area contributed by atoms with Gasteiger partial charge in [0.05, 0.1) is 11.1 Å². The molecule has 0 unspecified atom stereocenters. The Morgan fingerprint density at radius 2 is 0.885 bits per heavy atom. The lowest BCUT2D eigenvalue weighted by atomic mass is 10.1. The summed E-state index contributed by atoms with van der Waals surface area (Å²) in [4.78, 5) is 73.1. The number of carboxylic acid groups (broad SMARTS) is 2. The quantitative estimate of drug-likeness (QED) is 0.0971. The van der Waals surface area contributed by atoms with E-state index in [9.17, 15) is 33.6 Å². The van der Waals surface area contributed by atoms with Gasteiger partial charge in [0.25, 0.3) is 5.24 Å². The van der Waals surface area contributed by atoms with Gasteiger partial charge in [0.1, 0.15) is 17.2 Å². The standard InChI is InChI=1S/C10H9ClO3.C10H10O4.C8H8O3.C4H6O3.2CH4.Cl2OS/c1-6-8(10(11)13)4-3-5-9(6)14-7(2)12;1-6-8(10(12)13)4-3-5-9(6)14-7(2)11;1-5-6(8(10)11)3-2-4-7(5)9;1-3(5)7-4(2)6;;;1-4(2)3/h3-5H,1-2H3;3-5H,1-2H3,(H,12,13);2-4,9H,1H3,(H,10,11);1-2H3;2*1H4;. The van der Waals surface area contributed by atoms with Gasteiger partial charge in [-0.2, -0.15) is 0 Å². The highest BCUT2D eigenvalue weighted by atomic mass is 36.0. The van der Waals surface area contributed by atoms with Crippen LogP contribution in [0.3, 0.4) is 0 Å². The first-order chi connectivity index (χ1) is 23.0. The molecule has 0 aliphatic carbocycles. The molecule has 14 nitrogen and oxygen atoms in total. The Labute approximate surface area is 318 Å². The summed E-state index contributed by atoms with van der Waals surface area (Å²) in [6.45, 7) is 9.78. The number of rotatable bonds is 5. The predicted molar refractivity (Wildman–Crippen MR) is 198 cm³/mol. The van der Waals surface area contributed by atoms with E-state index in [0.29, 0.717) is 28.0 Å². The molecule has 0 atom stereocenters. The first kappa shape index (κ1) is 54.0. The highest BCUT2D eigenvalue weighted by molar-refractivity contribution is 8.26. The highest BCUT2D eigenvalue weighted by Crippen LogP contribution is 2.23. The molecule has 3 N–H and O–H groups in total. The first-order valence-corrected chi connectivity index (χ1v) is 16.7. The minimum atomic E-state index is -1.67. The summed E-state index contributed by atoms with van der Waals surface area (Å²) in [6, 6.07) is 13.8. The lowest BCUT2D eigenvalue weighted by molar-refractivity contribution is -0.156. The number of aromatic carboxylic acids is 2. The zero-order valence-electron chi connectivity index (χ0n) is 27.6. The number of ether oxygens (including phenoxy) is 3. The van der Waals surface area contributed by atoms with Crippen molar-refractivity contribution in [3.8, 4) is 17.2 Å². The molecule has 0 amide bonds. The van der Waals surface area contributed by atoms with Crippen molar-refractivity contribution in [3.63, 3.8) is 0 Å². The Kier molecular flexibility index (Phi) is 28.9. The smallest absolute Gasteiger partial charge is 0.336 e. The number of halogens is 3. The number of carboxylic acids is 2. The Balaban J connectivity index is -0.000000288. The van der Waals surface area contributed by atoms with Gasteiger partial charge in [-0.15, -0.1) is 0 Å². The zero-order valence-corrected chi connectivity index (χ0v) is 30.7. The van der Waals surface area contributed by atoms with Crippen molar-refractivity contribution in [3.05, 3.63) is 88.0 Å². The second kappa shape index (κ2) is 27.8. The number of carbonyl (C=O) groups is 7. The number of phenolic OH excluding ortho intramolecular Hbond substituents is 1. The van der Waals surface area contributed by atoms with E-state index in [1.807, 2.05) is 0 Å². The summed E-state index contributed by atoms with van der Waals surface area (Å²) in [7, 11) is 7.36. The highest BCUT2D eigenvalue weighted by Gasteiger charge is 2.12. The third-order valence-electron chi connectivity index (χ3n) is 5.34. The van der Waals surface area contributed by atoms with E-state index < -0.39 is 50.3 Å². The molecule has 0 saturated heterocycles. The molecular weight excluding hydrogens is 771 g/mol. The molecule has 0 fully saturated rings. The van der Waals surface area contributed by atoms with Gasteiger partial charge in [-0.25, -0.2) is 13.8 Å². The fourth-order valence-corrected chi connectivity index (χ4v) is 3.47. The Bertz CT molecular complexity index is 1630. The molecule has 0 aromatic heterocycles. The van der Waals surface area contributed by atoms with Gasteiger partial charge in [-0.1, -0.05) is 33.1 Å². The number of hydrogen-bond donors (Lipinski definition) is 3. The minimum absolute atomic E-state index is 0. The van der Waals surface area contributed by atoms with Crippen LogP contribution in [0.4, 0.5) is 0 Å². The Hall–Kier alpha value is -4.83. The van der Waals surface area contributed by atoms with Crippen LogP contribution in [0.5, 0.6) is 17.2 Å². The molecule has 3 rings (SSSR count). The molecular formula is C34H41Cl3O14S. The maximum Gasteiger partial charge on any atom is 0.336 e. The number of esters is 4. The van der Waals surface area contributed by atoms with Crippen molar-refractivity contribution in [2.24, 2.45) is 0 Å². The number of benzene rings is 3. The summed E-state index contributed by atoms with van der Waals surface area (Å²) >= 11 is 5.34. The van der Waals surface area contributed by atoms with Crippen LogP contribution in [-0.4, -0.2) is 60.6 Å². The number of carbonyl (C=O) groups excluding carboxylic acids is 5. The predicted octanol–water partition coefficient (Wildman–Crippen LogP) is 7.73. The van der Waals surface area contributed by atoms with Gasteiger partial charge < -0.3 is 29.5 Å². The molecule has 288 valence electrons. The largest absolute Gasteiger partial charge is 0.508 e. The van der Waals surface area contributed by atoms with E-state index in [1.54, 1.807) is 45.0 Å². The summed E-state index contributed by atoms with van der Waals surface area (Å²) in [5, 5.41) is 25.9. The summed E-state index contributed by atoms with van der Waals surface area (Å²) in [6.07, 6.45) is 0. The molecule has 0 saturated carbocycles. The van der Waals surface area contributed by atoms with Crippen LogP contribution in [0, 0.1) is 20.8 Å².